The van der Waals surface area contributed by atoms with E-state index in [0.717, 1.165) is 62.9 Å². The molecule has 24 heavy (non-hydrogen) atoms. The summed E-state index contributed by atoms with van der Waals surface area (Å²) in [6.07, 6.45) is 0.898. The van der Waals surface area contributed by atoms with Gasteiger partial charge in [0, 0.05) is 24.2 Å². The molecule has 2 aliphatic rings. The molecule has 0 aromatic carbocycles. The van der Waals surface area contributed by atoms with Crippen molar-refractivity contribution in [1.29, 1.82) is 0 Å². The highest BCUT2D eigenvalue weighted by Crippen LogP contribution is 2.43. The lowest BCUT2D eigenvalue weighted by Crippen LogP contribution is -2.46. The lowest BCUT2D eigenvalue weighted by atomic mass is 10.0. The van der Waals surface area contributed by atoms with Crippen LogP contribution in [0.4, 0.5) is 5.69 Å². The van der Waals surface area contributed by atoms with Gasteiger partial charge in [-0.05, 0) is 38.3 Å². The number of ether oxygens (including phenoxy) is 1. The van der Waals surface area contributed by atoms with Crippen LogP contribution < -0.4 is 0 Å². The minimum Gasteiger partial charge on any atom is -0.463 e. The van der Waals surface area contributed by atoms with Crippen molar-refractivity contribution in [3.63, 3.8) is 0 Å². The van der Waals surface area contributed by atoms with Crippen molar-refractivity contribution in [2.24, 2.45) is 9.98 Å². The predicted molar refractivity (Wildman–Crippen MR) is 95.7 cm³/mol. The van der Waals surface area contributed by atoms with Crippen molar-refractivity contribution in [3.05, 3.63) is 21.7 Å². The van der Waals surface area contributed by atoms with Crippen LogP contribution in [0, 0.1) is 20.8 Å². The molecule has 6 nitrogen and oxygen atoms in total. The number of thiophene rings is 1. The zero-order valence-electron chi connectivity index (χ0n) is 14.1. The molecular weight excluding hydrogens is 324 g/mol. The number of methoxy groups -OCH3 is 1. The van der Waals surface area contributed by atoms with Crippen molar-refractivity contribution in [2.45, 2.75) is 27.2 Å². The molecule has 7 heteroatoms. The number of hydrogen-bond donors (Lipinski definition) is 0. The summed E-state index contributed by atoms with van der Waals surface area (Å²) in [5, 5.41) is 1.02. The molecule has 0 unspecified atom stereocenters. The Morgan fingerprint density at radius 2 is 2.04 bits per heavy atom. The van der Waals surface area contributed by atoms with E-state index in [0.29, 0.717) is 5.84 Å². The van der Waals surface area contributed by atoms with Crippen LogP contribution >= 0.6 is 11.3 Å². The van der Waals surface area contributed by atoms with Gasteiger partial charge in [0.1, 0.15) is 10.7 Å². The molecule has 4 heterocycles. The summed E-state index contributed by atoms with van der Waals surface area (Å²) >= 11 is 1.60. The van der Waals surface area contributed by atoms with E-state index in [-0.39, 0.29) is 0 Å². The fraction of sp³-hybridized carbons (Fsp3) is 0.412. The SMILES string of the molecule is COC(=O)C1=Nc2c(sc3nc(C)c(C)c(C)c23)C2=NCCCN12. The lowest BCUT2D eigenvalue weighted by molar-refractivity contribution is -0.133. The second-order valence-corrected chi connectivity index (χ2v) is 7.04. The standard InChI is InChI=1S/C17H18N4O2S/c1-8-9(2)11-12-13(24-16(11)19-10(8)3)14-18-6-5-7-21(14)15(20-12)17(22)23-4/h5-7H2,1-4H3. The molecular formula is C17H18N4O2S. The van der Waals surface area contributed by atoms with Gasteiger partial charge in [0.05, 0.1) is 17.7 Å². The Kier molecular flexibility index (Phi) is 3.42. The van der Waals surface area contributed by atoms with Gasteiger partial charge in [-0.25, -0.2) is 14.8 Å². The van der Waals surface area contributed by atoms with Crippen molar-refractivity contribution in [3.8, 4) is 0 Å². The fourth-order valence-corrected chi connectivity index (χ4v) is 4.44. The number of carbonyl (C=O) groups excluding carboxylic acids is 1. The summed E-state index contributed by atoms with van der Waals surface area (Å²) in [6, 6.07) is 0. The first kappa shape index (κ1) is 15.3. The van der Waals surface area contributed by atoms with E-state index in [1.807, 2.05) is 11.8 Å². The van der Waals surface area contributed by atoms with Crippen LogP contribution in [0.15, 0.2) is 9.98 Å². The number of rotatable bonds is 1. The minimum absolute atomic E-state index is 0.320. The van der Waals surface area contributed by atoms with Crippen LogP contribution in [0.3, 0.4) is 0 Å². The molecule has 2 aliphatic heterocycles. The first-order valence-corrected chi connectivity index (χ1v) is 8.74. The maximum atomic E-state index is 12.2. The van der Waals surface area contributed by atoms with Crippen molar-refractivity contribution < 1.29 is 9.53 Å². The highest BCUT2D eigenvalue weighted by molar-refractivity contribution is 7.21. The van der Waals surface area contributed by atoms with Gasteiger partial charge in [-0.3, -0.25) is 4.99 Å². The van der Waals surface area contributed by atoms with Crippen molar-refractivity contribution in [2.75, 3.05) is 20.2 Å². The molecule has 0 amide bonds. The molecule has 2 aromatic rings. The van der Waals surface area contributed by atoms with E-state index in [1.165, 1.54) is 7.11 Å². The number of fused-ring (bicyclic) bond motifs is 5. The largest absolute Gasteiger partial charge is 0.463 e. The Morgan fingerprint density at radius 3 is 2.79 bits per heavy atom. The number of nitrogens with zero attached hydrogens (tertiary/aromatic N) is 4. The van der Waals surface area contributed by atoms with Gasteiger partial charge in [-0.2, -0.15) is 0 Å². The zero-order valence-corrected chi connectivity index (χ0v) is 15.0. The van der Waals surface area contributed by atoms with Crippen LogP contribution in [0.5, 0.6) is 0 Å². The molecule has 0 saturated carbocycles. The summed E-state index contributed by atoms with van der Waals surface area (Å²) in [7, 11) is 1.38. The number of carbonyl (C=O) groups is 1. The van der Waals surface area contributed by atoms with Crippen LogP contribution in [-0.2, 0) is 9.53 Å². The second-order valence-electron chi connectivity index (χ2n) is 6.04. The number of pyridine rings is 1. The van der Waals surface area contributed by atoms with Crippen LogP contribution in [0.2, 0.25) is 0 Å². The number of aromatic nitrogens is 1. The molecule has 0 atom stereocenters. The maximum absolute atomic E-state index is 12.2. The zero-order chi connectivity index (χ0) is 17.0. The topological polar surface area (TPSA) is 67.1 Å². The lowest BCUT2D eigenvalue weighted by Gasteiger charge is -2.31. The third-order valence-corrected chi connectivity index (χ3v) is 5.78. The highest BCUT2D eigenvalue weighted by Gasteiger charge is 2.35. The normalized spacial score (nSPS) is 16.4. The molecule has 0 fully saturated rings. The third-order valence-electron chi connectivity index (χ3n) is 4.72. The van der Waals surface area contributed by atoms with Gasteiger partial charge < -0.3 is 9.64 Å². The molecule has 4 rings (SSSR count). The van der Waals surface area contributed by atoms with Gasteiger partial charge in [0.25, 0.3) is 0 Å². The number of hydrogen-bond acceptors (Lipinski definition) is 7. The molecule has 0 N–H and O–H groups in total. The van der Waals surface area contributed by atoms with E-state index in [4.69, 9.17) is 9.72 Å². The second kappa shape index (κ2) is 5.37. The molecule has 0 radical (unpaired) electrons. The quantitative estimate of drug-likeness (QED) is 0.748. The van der Waals surface area contributed by atoms with Crippen molar-refractivity contribution in [1.82, 2.24) is 9.88 Å². The summed E-state index contributed by atoms with van der Waals surface area (Å²) in [5.41, 5.74) is 4.15. The summed E-state index contributed by atoms with van der Waals surface area (Å²) < 4.78 is 4.94. The van der Waals surface area contributed by atoms with Gasteiger partial charge in [0.15, 0.2) is 0 Å². The molecule has 0 spiro atoms. The summed E-state index contributed by atoms with van der Waals surface area (Å²) in [6.45, 7) is 7.67. The Bertz CT molecular complexity index is 942. The molecule has 2 aromatic heterocycles. The fourth-order valence-electron chi connectivity index (χ4n) is 3.20. The van der Waals surface area contributed by atoms with Crippen molar-refractivity contribution >= 4 is 44.9 Å². The van der Waals surface area contributed by atoms with E-state index in [1.54, 1.807) is 11.3 Å². The minimum atomic E-state index is -0.427. The van der Waals surface area contributed by atoms with E-state index >= 15 is 0 Å². The van der Waals surface area contributed by atoms with Gasteiger partial charge in [0.2, 0.25) is 5.84 Å². The maximum Gasteiger partial charge on any atom is 0.374 e. The first-order chi connectivity index (χ1) is 11.5. The van der Waals surface area contributed by atoms with E-state index in [9.17, 15) is 4.79 Å². The van der Waals surface area contributed by atoms with Gasteiger partial charge >= 0.3 is 5.97 Å². The Balaban J connectivity index is 2.07. The Morgan fingerprint density at radius 1 is 1.25 bits per heavy atom. The summed E-state index contributed by atoms with van der Waals surface area (Å²) in [4.78, 5) is 30.1. The van der Waals surface area contributed by atoms with Gasteiger partial charge in [-0.15, -0.1) is 11.3 Å². The summed E-state index contributed by atoms with van der Waals surface area (Å²) in [5.74, 6) is 0.717. The average Bonchev–Trinajstić information content (AvgIpc) is 2.96. The number of aryl methyl sites for hydroxylation is 2. The molecule has 124 valence electrons. The van der Waals surface area contributed by atoms with E-state index in [2.05, 4.69) is 23.8 Å². The Hall–Kier alpha value is -2.28. The number of aliphatic imine (C=N–C) groups is 2. The van der Waals surface area contributed by atoms with Crippen LogP contribution in [-0.4, -0.2) is 47.7 Å². The Labute approximate surface area is 143 Å². The molecule has 0 saturated heterocycles. The van der Waals surface area contributed by atoms with Crippen LogP contribution in [0.1, 0.15) is 28.1 Å². The van der Waals surface area contributed by atoms with E-state index < -0.39 is 5.97 Å². The smallest absolute Gasteiger partial charge is 0.374 e. The van der Waals surface area contributed by atoms with Crippen LogP contribution in [0.25, 0.3) is 10.2 Å². The first-order valence-electron chi connectivity index (χ1n) is 7.92. The predicted octanol–water partition coefficient (Wildman–Crippen LogP) is 2.89. The third kappa shape index (κ3) is 2.00. The average molecular weight is 342 g/mol. The molecule has 0 bridgehead atoms. The highest BCUT2D eigenvalue weighted by atomic mass is 32.1. The van der Waals surface area contributed by atoms with Gasteiger partial charge in [-0.1, -0.05) is 0 Å². The number of esters is 1. The number of amidine groups is 2. The molecule has 0 aliphatic carbocycles. The monoisotopic (exact) mass is 342 g/mol.